The quantitative estimate of drug-likeness (QED) is 0.577. The number of carbonyl (C=O) groups is 1. The van der Waals surface area contributed by atoms with Gasteiger partial charge in [0.15, 0.2) is 5.78 Å². The van der Waals surface area contributed by atoms with Crippen LogP contribution in [0.2, 0.25) is 0 Å². The zero-order valence-electron chi connectivity index (χ0n) is 8.55. The van der Waals surface area contributed by atoms with Crippen LogP contribution in [-0.4, -0.2) is 5.78 Å². The van der Waals surface area contributed by atoms with Crippen LogP contribution in [0.1, 0.15) is 33.6 Å². The van der Waals surface area contributed by atoms with Gasteiger partial charge in [0.1, 0.15) is 0 Å². The van der Waals surface area contributed by atoms with Crippen LogP contribution >= 0.6 is 0 Å². The van der Waals surface area contributed by atoms with E-state index in [0.29, 0.717) is 5.92 Å². The van der Waals surface area contributed by atoms with Crippen molar-refractivity contribution in [3.05, 3.63) is 11.8 Å². The number of nitrogens with two attached hydrogens (primary N) is 1. The summed E-state index contributed by atoms with van der Waals surface area (Å²) in [6.07, 6.45) is 3.68. The van der Waals surface area contributed by atoms with Crippen molar-refractivity contribution in [2.45, 2.75) is 33.6 Å². The fourth-order valence-electron chi connectivity index (χ4n) is 3.12. The maximum Gasteiger partial charge on any atom is 0.167 e. The van der Waals surface area contributed by atoms with Crippen molar-refractivity contribution >= 4 is 5.78 Å². The topological polar surface area (TPSA) is 43.1 Å². The summed E-state index contributed by atoms with van der Waals surface area (Å²) in [5.41, 5.74) is 6.34. The van der Waals surface area contributed by atoms with Crippen LogP contribution in [-0.2, 0) is 4.79 Å². The van der Waals surface area contributed by atoms with E-state index in [-0.39, 0.29) is 16.6 Å². The second-order valence-corrected chi connectivity index (χ2v) is 5.10. The van der Waals surface area contributed by atoms with E-state index in [9.17, 15) is 4.79 Å². The van der Waals surface area contributed by atoms with Gasteiger partial charge in [-0.1, -0.05) is 20.8 Å². The summed E-state index contributed by atoms with van der Waals surface area (Å²) in [5, 5.41) is 0. The molecule has 0 heterocycles. The number of fused-ring (bicyclic) bond motifs is 2. The highest BCUT2D eigenvalue weighted by molar-refractivity contribution is 6.04. The van der Waals surface area contributed by atoms with Gasteiger partial charge >= 0.3 is 0 Å². The Morgan fingerprint density at radius 3 is 2.38 bits per heavy atom. The lowest BCUT2D eigenvalue weighted by Crippen LogP contribution is -2.32. The normalized spacial score (nSPS) is 44.7. The van der Waals surface area contributed by atoms with Crippen molar-refractivity contribution in [3.63, 3.8) is 0 Å². The molecule has 0 aliphatic heterocycles. The lowest BCUT2D eigenvalue weighted by molar-refractivity contribution is -0.125. The van der Waals surface area contributed by atoms with E-state index in [4.69, 9.17) is 5.73 Å². The summed E-state index contributed by atoms with van der Waals surface area (Å²) >= 11 is 0. The van der Waals surface area contributed by atoms with Crippen LogP contribution in [0.3, 0.4) is 0 Å². The van der Waals surface area contributed by atoms with Gasteiger partial charge < -0.3 is 5.73 Å². The first kappa shape index (κ1) is 8.79. The number of rotatable bonds is 0. The number of hydrogen-bond donors (Lipinski definition) is 1. The summed E-state index contributed by atoms with van der Waals surface area (Å²) in [6, 6.07) is 0. The van der Waals surface area contributed by atoms with Gasteiger partial charge in [0.05, 0.1) is 0 Å². The predicted molar refractivity (Wildman–Crippen MR) is 51.9 cm³/mol. The molecule has 2 heteroatoms. The van der Waals surface area contributed by atoms with Crippen molar-refractivity contribution < 1.29 is 4.79 Å². The van der Waals surface area contributed by atoms with Crippen LogP contribution in [0.25, 0.3) is 0 Å². The lowest BCUT2D eigenvalue weighted by Gasteiger charge is -2.31. The Morgan fingerprint density at radius 1 is 1.46 bits per heavy atom. The summed E-state index contributed by atoms with van der Waals surface area (Å²) in [5.74, 6) is 0.686. The first-order chi connectivity index (χ1) is 5.95. The van der Waals surface area contributed by atoms with Crippen LogP contribution in [0.4, 0.5) is 0 Å². The van der Waals surface area contributed by atoms with Gasteiger partial charge in [-0.2, -0.15) is 0 Å². The highest BCUT2D eigenvalue weighted by Crippen LogP contribution is 2.65. The first-order valence-corrected chi connectivity index (χ1v) is 4.92. The molecule has 2 bridgehead atoms. The van der Waals surface area contributed by atoms with Crippen molar-refractivity contribution in [1.29, 1.82) is 0 Å². The maximum absolute atomic E-state index is 12.0. The minimum atomic E-state index is -0.150. The minimum absolute atomic E-state index is 0.106. The van der Waals surface area contributed by atoms with Crippen LogP contribution < -0.4 is 5.73 Å². The molecule has 13 heavy (non-hydrogen) atoms. The Morgan fingerprint density at radius 2 is 2.08 bits per heavy atom. The van der Waals surface area contributed by atoms with Gasteiger partial charge in [0.2, 0.25) is 0 Å². The van der Waals surface area contributed by atoms with Gasteiger partial charge in [-0.25, -0.2) is 0 Å². The van der Waals surface area contributed by atoms with Crippen molar-refractivity contribution in [1.82, 2.24) is 0 Å². The first-order valence-electron chi connectivity index (χ1n) is 4.92. The Hall–Kier alpha value is -0.790. The fourth-order valence-corrected chi connectivity index (χ4v) is 3.12. The number of allylic oxidation sites excluding steroid dienone is 1. The highest BCUT2D eigenvalue weighted by atomic mass is 16.1. The van der Waals surface area contributed by atoms with Crippen LogP contribution in [0.15, 0.2) is 11.8 Å². The predicted octanol–water partition coefficient (Wildman–Crippen LogP) is 1.85. The van der Waals surface area contributed by atoms with Gasteiger partial charge in [-0.3, -0.25) is 4.79 Å². The molecule has 2 fully saturated rings. The Kier molecular flexibility index (Phi) is 1.47. The van der Waals surface area contributed by atoms with Crippen molar-refractivity contribution in [2.24, 2.45) is 22.5 Å². The Labute approximate surface area is 79.2 Å². The summed E-state index contributed by atoms with van der Waals surface area (Å²) < 4.78 is 0. The van der Waals surface area contributed by atoms with E-state index in [0.717, 1.165) is 18.4 Å². The molecule has 0 aromatic carbocycles. The summed E-state index contributed by atoms with van der Waals surface area (Å²) in [4.78, 5) is 12.0. The molecular weight excluding hydrogens is 162 g/mol. The molecule has 0 saturated heterocycles. The fraction of sp³-hybridized carbons (Fsp3) is 0.727. The van der Waals surface area contributed by atoms with E-state index < -0.39 is 0 Å². The van der Waals surface area contributed by atoms with Crippen molar-refractivity contribution in [3.8, 4) is 0 Å². The van der Waals surface area contributed by atoms with E-state index in [2.05, 4.69) is 20.8 Å². The molecule has 72 valence electrons. The minimum Gasteiger partial charge on any atom is -0.404 e. The van der Waals surface area contributed by atoms with E-state index >= 15 is 0 Å². The molecule has 0 radical (unpaired) electrons. The second-order valence-electron chi connectivity index (χ2n) is 5.10. The van der Waals surface area contributed by atoms with Crippen molar-refractivity contribution in [2.75, 3.05) is 0 Å². The van der Waals surface area contributed by atoms with Crippen LogP contribution in [0.5, 0.6) is 0 Å². The number of carbonyl (C=O) groups excluding carboxylic acids is 1. The van der Waals surface area contributed by atoms with Gasteiger partial charge in [-0.15, -0.1) is 0 Å². The lowest BCUT2D eigenvalue weighted by atomic mass is 9.70. The third kappa shape index (κ3) is 0.725. The molecule has 2 aliphatic rings. The molecule has 0 aromatic heterocycles. The Bertz CT molecular complexity index is 303. The number of hydrogen-bond acceptors (Lipinski definition) is 2. The monoisotopic (exact) mass is 179 g/mol. The van der Waals surface area contributed by atoms with Gasteiger partial charge in [0.25, 0.3) is 0 Å². The molecule has 2 saturated carbocycles. The number of ketones is 1. The molecule has 2 nitrogen and oxygen atoms in total. The standard InChI is InChI=1S/C11H17NO/c1-10(2)8-4-5-11(10,3)9(13)7(8)6-12/h6,8H,4-5,12H2,1-3H3/b7-6+/t8-,11+/m0/s1. The molecule has 0 aromatic rings. The molecule has 2 aliphatic carbocycles. The van der Waals surface area contributed by atoms with E-state index in [1.807, 2.05) is 0 Å². The Balaban J connectivity index is 2.57. The molecular formula is C11H17NO. The highest BCUT2D eigenvalue weighted by Gasteiger charge is 2.63. The zero-order chi connectivity index (χ0) is 9.85. The smallest absolute Gasteiger partial charge is 0.167 e. The third-order valence-electron chi connectivity index (χ3n) is 4.54. The average molecular weight is 179 g/mol. The van der Waals surface area contributed by atoms with Gasteiger partial charge in [-0.05, 0) is 24.2 Å². The van der Waals surface area contributed by atoms with Crippen LogP contribution in [0, 0.1) is 16.7 Å². The number of Topliss-reactive ketones (excluding diaryl/α,β-unsaturated/α-hetero) is 1. The summed E-state index contributed by atoms with van der Waals surface area (Å²) in [7, 11) is 0. The van der Waals surface area contributed by atoms with Gasteiger partial charge in [0, 0.05) is 17.2 Å². The molecule has 0 amide bonds. The SMILES string of the molecule is CC1(C)[C@H]2CC[C@]1(C)C(=O)/C2=C/N. The molecule has 0 spiro atoms. The third-order valence-corrected chi connectivity index (χ3v) is 4.54. The second kappa shape index (κ2) is 2.17. The largest absolute Gasteiger partial charge is 0.404 e. The van der Waals surface area contributed by atoms with E-state index in [1.165, 1.54) is 6.20 Å². The summed E-state index contributed by atoms with van der Waals surface area (Å²) in [6.45, 7) is 6.48. The molecule has 0 unspecified atom stereocenters. The molecule has 2 rings (SSSR count). The molecule has 2 atom stereocenters. The molecule has 2 N–H and O–H groups in total. The average Bonchev–Trinajstić information content (AvgIpc) is 2.36. The maximum atomic E-state index is 12.0. The van der Waals surface area contributed by atoms with E-state index in [1.54, 1.807) is 0 Å². The zero-order valence-corrected chi connectivity index (χ0v) is 8.55.